The number of carbonyl (C=O) groups is 1. The maximum Gasteiger partial charge on any atom is 0.412 e. The van der Waals surface area contributed by atoms with Crippen LogP contribution in [0, 0.1) is 0 Å². The van der Waals surface area contributed by atoms with Crippen molar-refractivity contribution < 1.29 is 24.1 Å². The van der Waals surface area contributed by atoms with Crippen LogP contribution in [0.4, 0.5) is 10.5 Å². The average Bonchev–Trinajstić information content (AvgIpc) is 2.85. The van der Waals surface area contributed by atoms with Crippen LogP contribution in [0.3, 0.4) is 0 Å². The number of aliphatic hydroxyl groups excluding tert-OH is 1. The van der Waals surface area contributed by atoms with Gasteiger partial charge in [0.25, 0.3) is 0 Å². The van der Waals surface area contributed by atoms with Crippen LogP contribution < -0.4 is 14.8 Å². The van der Waals surface area contributed by atoms with Crippen molar-refractivity contribution in [2.24, 2.45) is 4.99 Å². The molecule has 37 heavy (non-hydrogen) atoms. The number of nitrogens with zero attached hydrogens (tertiary/aromatic N) is 1. The van der Waals surface area contributed by atoms with E-state index in [2.05, 4.69) is 10.3 Å². The molecule has 7 nitrogen and oxygen atoms in total. The molecular formula is C30H44N2O5. The van der Waals surface area contributed by atoms with Gasteiger partial charge >= 0.3 is 6.09 Å². The van der Waals surface area contributed by atoms with Crippen molar-refractivity contribution in [3.8, 4) is 11.5 Å². The third kappa shape index (κ3) is 14.9. The van der Waals surface area contributed by atoms with E-state index in [1.807, 2.05) is 69.3 Å². The van der Waals surface area contributed by atoms with Gasteiger partial charge < -0.3 is 19.3 Å². The van der Waals surface area contributed by atoms with Crippen molar-refractivity contribution in [1.29, 1.82) is 0 Å². The maximum atomic E-state index is 11.6. The highest BCUT2D eigenvalue weighted by molar-refractivity contribution is 5.83. The predicted molar refractivity (Wildman–Crippen MR) is 149 cm³/mol. The zero-order valence-electron chi connectivity index (χ0n) is 22.7. The molecule has 204 valence electrons. The van der Waals surface area contributed by atoms with Gasteiger partial charge in [0.1, 0.15) is 17.1 Å². The molecule has 0 heterocycles. The minimum Gasteiger partial charge on any atom is -0.494 e. The number of nitrogens with one attached hydrogen (secondary N) is 1. The number of rotatable bonds is 17. The van der Waals surface area contributed by atoms with Gasteiger partial charge in [0.15, 0.2) is 0 Å². The first-order chi connectivity index (χ1) is 17.9. The van der Waals surface area contributed by atoms with Gasteiger partial charge in [-0.25, -0.2) is 9.79 Å². The quantitative estimate of drug-likeness (QED) is 0.135. The molecule has 2 aromatic rings. The first-order valence-corrected chi connectivity index (χ1v) is 13.4. The Bertz CT molecular complexity index is 905. The Morgan fingerprint density at radius 1 is 0.811 bits per heavy atom. The van der Waals surface area contributed by atoms with Crippen LogP contribution in [-0.4, -0.2) is 43.0 Å². The van der Waals surface area contributed by atoms with E-state index in [0.29, 0.717) is 13.0 Å². The number of aliphatic hydroxyl groups is 1. The average molecular weight is 513 g/mol. The van der Waals surface area contributed by atoms with Crippen LogP contribution in [0.2, 0.25) is 0 Å². The fourth-order valence-electron chi connectivity index (χ4n) is 3.62. The summed E-state index contributed by atoms with van der Waals surface area (Å²) in [7, 11) is 0. The zero-order chi connectivity index (χ0) is 26.8. The molecule has 0 bridgehead atoms. The van der Waals surface area contributed by atoms with Crippen molar-refractivity contribution in [2.75, 3.05) is 19.8 Å². The van der Waals surface area contributed by atoms with E-state index in [4.69, 9.17) is 19.3 Å². The molecule has 0 spiro atoms. The first kappa shape index (κ1) is 30.2. The summed E-state index contributed by atoms with van der Waals surface area (Å²) in [6.45, 7) is 7.08. The lowest BCUT2D eigenvalue weighted by Gasteiger charge is -2.18. The molecule has 2 N–H and O–H groups in total. The topological polar surface area (TPSA) is 89.4 Å². The smallest absolute Gasteiger partial charge is 0.412 e. The summed E-state index contributed by atoms with van der Waals surface area (Å²) in [6.07, 6.45) is 11.0. The van der Waals surface area contributed by atoms with Crippen molar-refractivity contribution in [2.45, 2.75) is 84.2 Å². The van der Waals surface area contributed by atoms with E-state index >= 15 is 0 Å². The molecule has 0 aromatic heterocycles. The Hall–Kier alpha value is -3.06. The largest absolute Gasteiger partial charge is 0.494 e. The monoisotopic (exact) mass is 512 g/mol. The number of unbranched alkanes of at least 4 members (excludes halogenated alkanes) is 7. The standard InChI is InChI=1S/C30H44N2O5/c1-30(2,3)37-29(34)32-24-31-26-14-18-28(19-15-26)36-23-11-9-7-5-4-6-8-10-22-35-27-16-12-25(13-17-27)20-21-33/h12-19,24,33H,4-11,20-23H2,1-3H3,(H,31,32,34). The summed E-state index contributed by atoms with van der Waals surface area (Å²) >= 11 is 0. The molecule has 0 saturated heterocycles. The van der Waals surface area contributed by atoms with Gasteiger partial charge in [-0.1, -0.05) is 50.7 Å². The van der Waals surface area contributed by atoms with E-state index in [9.17, 15) is 4.79 Å². The van der Waals surface area contributed by atoms with Gasteiger partial charge in [0.2, 0.25) is 0 Å². The Balaban J connectivity index is 1.42. The molecule has 0 aliphatic heterocycles. The zero-order valence-corrected chi connectivity index (χ0v) is 22.7. The van der Waals surface area contributed by atoms with Crippen LogP contribution in [0.1, 0.15) is 77.7 Å². The number of hydrogen-bond donors (Lipinski definition) is 2. The number of carbonyl (C=O) groups excluding carboxylic acids is 1. The molecular weight excluding hydrogens is 468 g/mol. The maximum absolute atomic E-state index is 11.6. The van der Waals surface area contributed by atoms with Crippen LogP contribution in [-0.2, 0) is 11.2 Å². The molecule has 2 aromatic carbocycles. The summed E-state index contributed by atoms with van der Waals surface area (Å²) in [6, 6.07) is 15.5. The molecule has 0 aliphatic rings. The third-order valence-corrected chi connectivity index (χ3v) is 5.53. The molecule has 0 radical (unpaired) electrons. The summed E-state index contributed by atoms with van der Waals surface area (Å²) in [5.41, 5.74) is 1.32. The summed E-state index contributed by atoms with van der Waals surface area (Å²) < 4.78 is 16.8. The van der Waals surface area contributed by atoms with Crippen LogP contribution in [0.25, 0.3) is 0 Å². The summed E-state index contributed by atoms with van der Waals surface area (Å²) in [5.74, 6) is 1.73. The van der Waals surface area contributed by atoms with E-state index in [-0.39, 0.29) is 6.61 Å². The number of hydrogen-bond acceptors (Lipinski definition) is 6. The molecule has 1 amide bonds. The predicted octanol–water partition coefficient (Wildman–Crippen LogP) is 6.98. The van der Waals surface area contributed by atoms with E-state index < -0.39 is 11.7 Å². The lowest BCUT2D eigenvalue weighted by Crippen LogP contribution is -2.31. The molecule has 7 heteroatoms. The van der Waals surface area contributed by atoms with E-state index in [1.165, 1.54) is 44.9 Å². The molecule has 0 aliphatic carbocycles. The van der Waals surface area contributed by atoms with Gasteiger partial charge in [-0.05, 0) is 82.0 Å². The molecule has 0 unspecified atom stereocenters. The normalized spacial score (nSPS) is 11.5. The van der Waals surface area contributed by atoms with Crippen LogP contribution in [0.15, 0.2) is 53.5 Å². The summed E-state index contributed by atoms with van der Waals surface area (Å²) in [4.78, 5) is 15.8. The highest BCUT2D eigenvalue weighted by Crippen LogP contribution is 2.18. The Morgan fingerprint density at radius 2 is 1.30 bits per heavy atom. The van der Waals surface area contributed by atoms with Crippen molar-refractivity contribution in [1.82, 2.24) is 5.32 Å². The van der Waals surface area contributed by atoms with Crippen molar-refractivity contribution in [3.05, 3.63) is 54.1 Å². The van der Waals surface area contributed by atoms with Crippen LogP contribution >= 0.6 is 0 Å². The molecule has 0 saturated carbocycles. The molecule has 0 fully saturated rings. The second kappa shape index (κ2) is 17.4. The molecule has 2 rings (SSSR count). The van der Waals surface area contributed by atoms with Gasteiger partial charge in [-0.3, -0.25) is 5.32 Å². The third-order valence-electron chi connectivity index (χ3n) is 5.53. The van der Waals surface area contributed by atoms with Gasteiger partial charge in [-0.2, -0.15) is 0 Å². The fourth-order valence-corrected chi connectivity index (χ4v) is 3.62. The number of benzene rings is 2. The number of aliphatic imine (C=N–C) groups is 1. The lowest BCUT2D eigenvalue weighted by molar-refractivity contribution is 0.0565. The van der Waals surface area contributed by atoms with Gasteiger partial charge in [0.05, 0.1) is 25.2 Å². The Kier molecular flexibility index (Phi) is 14.2. The van der Waals surface area contributed by atoms with Crippen LogP contribution in [0.5, 0.6) is 11.5 Å². The number of amides is 1. The molecule has 0 atom stereocenters. The lowest BCUT2D eigenvalue weighted by atomic mass is 10.1. The van der Waals surface area contributed by atoms with E-state index in [0.717, 1.165) is 42.2 Å². The second-order valence-electron chi connectivity index (χ2n) is 10.0. The minimum atomic E-state index is -0.538. The highest BCUT2D eigenvalue weighted by atomic mass is 16.6. The summed E-state index contributed by atoms with van der Waals surface area (Å²) in [5, 5.41) is 11.4. The fraction of sp³-hybridized carbons (Fsp3) is 0.533. The number of alkyl carbamates (subject to hydrolysis) is 1. The van der Waals surface area contributed by atoms with Gasteiger partial charge in [0, 0.05) is 6.61 Å². The highest BCUT2D eigenvalue weighted by Gasteiger charge is 2.14. The van der Waals surface area contributed by atoms with Crippen molar-refractivity contribution >= 4 is 18.1 Å². The number of ether oxygens (including phenoxy) is 3. The Labute approximate surface area is 222 Å². The van der Waals surface area contributed by atoms with Gasteiger partial charge in [-0.15, -0.1) is 0 Å². The minimum absolute atomic E-state index is 0.179. The first-order valence-electron chi connectivity index (χ1n) is 13.4. The second-order valence-corrected chi connectivity index (χ2v) is 10.0. The Morgan fingerprint density at radius 3 is 1.78 bits per heavy atom. The van der Waals surface area contributed by atoms with Crippen molar-refractivity contribution in [3.63, 3.8) is 0 Å². The SMILES string of the molecule is CC(C)(C)OC(=O)NC=Nc1ccc(OCCCCCCCCCCOc2ccc(CCO)cc2)cc1. The van der Waals surface area contributed by atoms with E-state index in [1.54, 1.807) is 0 Å².